The Kier molecular flexibility index (Phi) is 9.75. The fourth-order valence-electron chi connectivity index (χ4n) is 3.64. The number of benzene rings is 2. The Labute approximate surface area is 214 Å². The molecule has 0 heterocycles. The molecule has 0 aromatic heterocycles. The normalized spacial score (nSPS) is 12.7. The number of nitrogens with one attached hydrogen (secondary N) is 1. The fourth-order valence-corrected chi connectivity index (χ4v) is 4.73. The van der Waals surface area contributed by atoms with E-state index in [2.05, 4.69) is 5.32 Å². The highest BCUT2D eigenvalue weighted by Crippen LogP contribution is 2.22. The van der Waals surface area contributed by atoms with E-state index in [1.165, 1.54) is 4.31 Å². The van der Waals surface area contributed by atoms with Crippen LogP contribution in [0.15, 0.2) is 48.5 Å². The lowest BCUT2D eigenvalue weighted by Gasteiger charge is -2.32. The monoisotopic (exact) mass is 521 g/mol. The molecule has 0 spiro atoms. The van der Waals surface area contributed by atoms with Gasteiger partial charge in [0.1, 0.15) is 6.04 Å². The highest BCUT2D eigenvalue weighted by molar-refractivity contribution is 7.92. The quantitative estimate of drug-likeness (QED) is 0.497. The van der Waals surface area contributed by atoms with Crippen molar-refractivity contribution >= 4 is 39.1 Å². The number of rotatable bonds is 10. The molecule has 0 saturated heterocycles. The van der Waals surface area contributed by atoms with E-state index in [-0.39, 0.29) is 31.3 Å². The first-order valence-corrected chi connectivity index (χ1v) is 13.8. The third kappa shape index (κ3) is 8.85. The van der Waals surface area contributed by atoms with Crippen LogP contribution in [-0.2, 0) is 26.2 Å². The van der Waals surface area contributed by atoms with Gasteiger partial charge in [-0.1, -0.05) is 35.9 Å². The molecule has 0 fully saturated rings. The van der Waals surface area contributed by atoms with Crippen molar-refractivity contribution in [2.45, 2.75) is 65.6 Å². The van der Waals surface area contributed by atoms with E-state index < -0.39 is 21.6 Å². The van der Waals surface area contributed by atoms with Crippen molar-refractivity contribution in [1.82, 2.24) is 10.2 Å². The average molecular weight is 522 g/mol. The summed E-state index contributed by atoms with van der Waals surface area (Å²) in [5.74, 6) is -0.451. The molecule has 2 aromatic carbocycles. The molecule has 0 aliphatic carbocycles. The molecule has 192 valence electrons. The van der Waals surface area contributed by atoms with Crippen molar-refractivity contribution in [1.29, 1.82) is 0 Å². The first-order chi connectivity index (χ1) is 16.2. The molecule has 0 aliphatic rings. The van der Waals surface area contributed by atoms with Gasteiger partial charge >= 0.3 is 0 Å². The summed E-state index contributed by atoms with van der Waals surface area (Å²) in [4.78, 5) is 27.8. The van der Waals surface area contributed by atoms with Gasteiger partial charge in [-0.2, -0.15) is 0 Å². The maximum Gasteiger partial charge on any atom is 0.242 e. The van der Waals surface area contributed by atoms with Gasteiger partial charge in [-0.05, 0) is 76.4 Å². The maximum absolute atomic E-state index is 13.3. The molecule has 0 radical (unpaired) electrons. The summed E-state index contributed by atoms with van der Waals surface area (Å²) in [5, 5.41) is 3.45. The van der Waals surface area contributed by atoms with Gasteiger partial charge in [0.05, 0.1) is 11.9 Å². The van der Waals surface area contributed by atoms with Gasteiger partial charge in [0, 0.05) is 30.1 Å². The number of aryl methyl sites for hydroxylation is 1. The van der Waals surface area contributed by atoms with Crippen molar-refractivity contribution in [3.8, 4) is 0 Å². The number of sulfonamides is 1. The summed E-state index contributed by atoms with van der Waals surface area (Å²) < 4.78 is 26.0. The van der Waals surface area contributed by atoms with Gasteiger partial charge in [0.25, 0.3) is 0 Å². The number of carbonyl (C=O) groups is 2. The van der Waals surface area contributed by atoms with Crippen LogP contribution in [0.4, 0.5) is 5.69 Å². The largest absolute Gasteiger partial charge is 0.350 e. The Morgan fingerprint density at radius 1 is 1.06 bits per heavy atom. The van der Waals surface area contributed by atoms with E-state index in [9.17, 15) is 18.0 Å². The third-order valence-electron chi connectivity index (χ3n) is 5.53. The van der Waals surface area contributed by atoms with E-state index in [0.29, 0.717) is 17.1 Å². The van der Waals surface area contributed by atoms with E-state index in [1.807, 2.05) is 52.0 Å². The Balaban J connectivity index is 2.19. The van der Waals surface area contributed by atoms with E-state index in [4.69, 9.17) is 11.6 Å². The molecule has 0 bridgehead atoms. The highest BCUT2D eigenvalue weighted by atomic mass is 35.5. The first-order valence-electron chi connectivity index (χ1n) is 11.6. The third-order valence-corrected chi connectivity index (χ3v) is 6.98. The van der Waals surface area contributed by atoms with Crippen molar-refractivity contribution in [3.05, 3.63) is 64.7 Å². The standard InChI is InChI=1S/C26H36ClN3O4S/c1-19-10-7-8-11-21(19)18-29(20(2)25(32)28-26(3,4)5)24(31)12-9-17-30(35(6,33)34)23-15-13-22(27)14-16-23/h7-8,10-11,13-16,20H,9,12,17-18H2,1-6H3,(H,28,32)/t20-/m1/s1. The summed E-state index contributed by atoms with van der Waals surface area (Å²) in [5.41, 5.74) is 2.03. The van der Waals surface area contributed by atoms with Crippen molar-refractivity contribution in [2.75, 3.05) is 17.1 Å². The highest BCUT2D eigenvalue weighted by Gasteiger charge is 2.29. The molecule has 1 N–H and O–H groups in total. The number of carbonyl (C=O) groups excluding carboxylic acids is 2. The molecule has 1 atom stereocenters. The van der Waals surface area contributed by atoms with Crippen molar-refractivity contribution < 1.29 is 18.0 Å². The number of anilines is 1. The molecule has 7 nitrogen and oxygen atoms in total. The minimum Gasteiger partial charge on any atom is -0.350 e. The second-order valence-corrected chi connectivity index (χ2v) is 12.1. The molecule has 2 amide bonds. The van der Waals surface area contributed by atoms with Gasteiger partial charge < -0.3 is 10.2 Å². The Morgan fingerprint density at radius 2 is 1.66 bits per heavy atom. The van der Waals surface area contributed by atoms with Gasteiger partial charge in [-0.3, -0.25) is 13.9 Å². The number of nitrogens with zero attached hydrogens (tertiary/aromatic N) is 2. The number of hydrogen-bond acceptors (Lipinski definition) is 4. The smallest absolute Gasteiger partial charge is 0.242 e. The summed E-state index contributed by atoms with van der Waals surface area (Å²) in [6.07, 6.45) is 1.53. The molecule has 0 aliphatic heterocycles. The minimum absolute atomic E-state index is 0.0959. The van der Waals surface area contributed by atoms with Crippen molar-refractivity contribution in [3.63, 3.8) is 0 Å². The molecule has 2 rings (SSSR count). The molecule has 35 heavy (non-hydrogen) atoms. The van der Waals surface area contributed by atoms with E-state index in [0.717, 1.165) is 17.4 Å². The van der Waals surface area contributed by atoms with Crippen LogP contribution in [0.25, 0.3) is 0 Å². The number of hydrogen-bond donors (Lipinski definition) is 1. The van der Waals surface area contributed by atoms with Crippen LogP contribution in [0, 0.1) is 6.92 Å². The van der Waals surface area contributed by atoms with Crippen LogP contribution in [-0.4, -0.2) is 49.5 Å². The van der Waals surface area contributed by atoms with Crippen molar-refractivity contribution in [2.24, 2.45) is 0 Å². The lowest BCUT2D eigenvalue weighted by Crippen LogP contribution is -2.52. The van der Waals surface area contributed by atoms with E-state index in [1.54, 1.807) is 36.1 Å². The molecule has 0 saturated carbocycles. The number of halogens is 1. The molecular weight excluding hydrogens is 486 g/mol. The lowest BCUT2D eigenvalue weighted by atomic mass is 10.1. The summed E-state index contributed by atoms with van der Waals surface area (Å²) in [7, 11) is -3.55. The predicted octanol–water partition coefficient (Wildman–Crippen LogP) is 4.53. The Bertz CT molecular complexity index is 1130. The maximum atomic E-state index is 13.3. The van der Waals surface area contributed by atoms with Crippen LogP contribution >= 0.6 is 11.6 Å². The Hall–Kier alpha value is -2.58. The summed E-state index contributed by atoms with van der Waals surface area (Å²) in [6, 6.07) is 13.6. The summed E-state index contributed by atoms with van der Waals surface area (Å²) >= 11 is 5.93. The lowest BCUT2D eigenvalue weighted by molar-refractivity contribution is -0.141. The molecule has 2 aromatic rings. The molecular formula is C26H36ClN3O4S. The zero-order chi connectivity index (χ0) is 26.4. The average Bonchev–Trinajstić information content (AvgIpc) is 2.74. The van der Waals surface area contributed by atoms with Crippen LogP contribution in [0.2, 0.25) is 5.02 Å². The topological polar surface area (TPSA) is 86.8 Å². The van der Waals surface area contributed by atoms with Crippen LogP contribution in [0.5, 0.6) is 0 Å². The molecule has 0 unspecified atom stereocenters. The van der Waals surface area contributed by atoms with E-state index >= 15 is 0 Å². The van der Waals surface area contributed by atoms with Crippen LogP contribution in [0.3, 0.4) is 0 Å². The van der Waals surface area contributed by atoms with Gasteiger partial charge in [-0.15, -0.1) is 0 Å². The minimum atomic E-state index is -3.55. The Morgan fingerprint density at radius 3 is 2.20 bits per heavy atom. The van der Waals surface area contributed by atoms with Gasteiger partial charge in [0.2, 0.25) is 21.8 Å². The van der Waals surface area contributed by atoms with Gasteiger partial charge in [0.15, 0.2) is 0 Å². The predicted molar refractivity (Wildman–Crippen MR) is 142 cm³/mol. The second kappa shape index (κ2) is 11.9. The first kappa shape index (κ1) is 28.7. The molecule has 9 heteroatoms. The summed E-state index contributed by atoms with van der Waals surface area (Å²) in [6.45, 7) is 9.77. The van der Waals surface area contributed by atoms with Crippen LogP contribution < -0.4 is 9.62 Å². The van der Waals surface area contributed by atoms with Crippen LogP contribution in [0.1, 0.15) is 51.7 Å². The second-order valence-electron chi connectivity index (χ2n) is 9.78. The zero-order valence-corrected chi connectivity index (χ0v) is 22.9. The van der Waals surface area contributed by atoms with Gasteiger partial charge in [-0.25, -0.2) is 8.42 Å². The zero-order valence-electron chi connectivity index (χ0n) is 21.3. The fraction of sp³-hybridized carbons (Fsp3) is 0.462. The number of amides is 2. The SMILES string of the molecule is Cc1ccccc1CN(C(=O)CCCN(c1ccc(Cl)cc1)S(C)(=O)=O)[C@H](C)C(=O)NC(C)(C)C.